The molecule has 4 nitrogen and oxygen atoms in total. The maximum absolute atomic E-state index is 10.8. The Balaban J connectivity index is 2.74. The van der Waals surface area contributed by atoms with Crippen LogP contribution in [-0.4, -0.2) is 40.8 Å². The zero-order valence-electron chi connectivity index (χ0n) is 10.4. The molecule has 0 heterocycles. The fourth-order valence-electron chi connectivity index (χ4n) is 1.69. The third-order valence-corrected chi connectivity index (χ3v) is 3.51. The number of nitrogens with zero attached hydrogens (tertiary/aromatic N) is 1. The fourth-order valence-corrected chi connectivity index (χ4v) is 2.20. The Hall–Kier alpha value is -0.910. The van der Waals surface area contributed by atoms with Crippen molar-refractivity contribution in [3.05, 3.63) is 33.8 Å². The number of aromatic carboxylic acids is 1. The second-order valence-corrected chi connectivity index (χ2v) is 4.91. The molecule has 100 valence electrons. The van der Waals surface area contributed by atoms with Crippen LogP contribution in [0.25, 0.3) is 0 Å². The lowest BCUT2D eigenvalue weighted by molar-refractivity contribution is 0.0696. The van der Waals surface area contributed by atoms with E-state index in [2.05, 4.69) is 27.8 Å². The van der Waals surface area contributed by atoms with Crippen LogP contribution in [0.15, 0.2) is 22.7 Å². The Kier molecular flexibility index (Phi) is 6.32. The van der Waals surface area contributed by atoms with Crippen LogP contribution < -0.4 is 0 Å². The largest absolute Gasteiger partial charge is 0.478 e. The lowest BCUT2D eigenvalue weighted by Crippen LogP contribution is -2.24. The van der Waals surface area contributed by atoms with E-state index < -0.39 is 5.97 Å². The molecule has 0 fully saturated rings. The minimum absolute atomic E-state index is 0.190. The molecule has 18 heavy (non-hydrogen) atoms. The number of benzene rings is 1. The smallest absolute Gasteiger partial charge is 0.335 e. The topological polar surface area (TPSA) is 60.8 Å². The van der Waals surface area contributed by atoms with Gasteiger partial charge in [-0.1, -0.05) is 28.9 Å². The summed E-state index contributed by atoms with van der Waals surface area (Å²) < 4.78 is 0.810. The van der Waals surface area contributed by atoms with Crippen LogP contribution in [-0.2, 0) is 6.54 Å². The second kappa shape index (κ2) is 7.51. The zero-order valence-corrected chi connectivity index (χ0v) is 12.0. The molecule has 1 rings (SSSR count). The number of carboxylic acid groups (broad SMARTS) is 1. The first-order valence-electron chi connectivity index (χ1n) is 5.93. The van der Waals surface area contributed by atoms with Gasteiger partial charge in [0.25, 0.3) is 0 Å². The average Bonchev–Trinajstić information content (AvgIpc) is 2.35. The molecule has 0 bridgehead atoms. The highest BCUT2D eigenvalue weighted by Crippen LogP contribution is 2.20. The normalized spacial score (nSPS) is 10.9. The number of carbonyl (C=O) groups is 1. The first-order chi connectivity index (χ1) is 8.58. The molecule has 0 atom stereocenters. The van der Waals surface area contributed by atoms with E-state index in [0.717, 1.165) is 36.1 Å². The van der Waals surface area contributed by atoms with Gasteiger partial charge in [-0.15, -0.1) is 0 Å². The van der Waals surface area contributed by atoms with E-state index in [0.29, 0.717) is 0 Å². The number of aliphatic hydroxyl groups is 1. The van der Waals surface area contributed by atoms with Crippen LogP contribution in [0.1, 0.15) is 29.3 Å². The number of aliphatic hydroxyl groups excluding tert-OH is 1. The van der Waals surface area contributed by atoms with Gasteiger partial charge in [0.1, 0.15) is 0 Å². The Labute approximate surface area is 115 Å². The Morgan fingerprint density at radius 1 is 1.44 bits per heavy atom. The van der Waals surface area contributed by atoms with Gasteiger partial charge in [-0.05, 0) is 30.7 Å². The lowest BCUT2D eigenvalue weighted by atomic mass is 10.1. The molecule has 2 N–H and O–H groups in total. The van der Waals surface area contributed by atoms with Gasteiger partial charge in [0, 0.05) is 24.2 Å². The zero-order chi connectivity index (χ0) is 13.5. The number of halogens is 1. The molecule has 0 amide bonds. The molecule has 0 unspecified atom stereocenters. The summed E-state index contributed by atoms with van der Waals surface area (Å²) in [4.78, 5) is 13.0. The van der Waals surface area contributed by atoms with Crippen LogP contribution >= 0.6 is 15.9 Å². The van der Waals surface area contributed by atoms with Crippen molar-refractivity contribution in [1.29, 1.82) is 0 Å². The van der Waals surface area contributed by atoms with E-state index in [1.807, 2.05) is 6.07 Å². The summed E-state index contributed by atoms with van der Waals surface area (Å²) in [6.07, 6.45) is 0.749. The van der Waals surface area contributed by atoms with Crippen molar-refractivity contribution in [1.82, 2.24) is 4.90 Å². The molecule has 0 aliphatic rings. The molecule has 0 aliphatic carbocycles. The highest BCUT2D eigenvalue weighted by molar-refractivity contribution is 9.10. The Bertz CT molecular complexity index is 409. The van der Waals surface area contributed by atoms with Gasteiger partial charge in [0.05, 0.1) is 5.56 Å². The SMILES string of the molecule is CCN(CCCO)Cc1ccc(C(=O)O)cc1Br. The first-order valence-corrected chi connectivity index (χ1v) is 6.72. The van der Waals surface area contributed by atoms with Crippen molar-refractivity contribution >= 4 is 21.9 Å². The molecule has 1 aromatic carbocycles. The summed E-state index contributed by atoms with van der Waals surface area (Å²) in [5.74, 6) is -0.921. The highest BCUT2D eigenvalue weighted by Gasteiger charge is 2.09. The first kappa shape index (κ1) is 15.1. The molecule has 0 spiro atoms. The van der Waals surface area contributed by atoms with Crippen LogP contribution in [0, 0.1) is 0 Å². The molecule has 0 radical (unpaired) electrons. The summed E-state index contributed by atoms with van der Waals surface area (Å²) >= 11 is 3.40. The molecule has 0 aromatic heterocycles. The predicted octanol–water partition coefficient (Wildman–Crippen LogP) is 2.35. The summed E-state index contributed by atoms with van der Waals surface area (Å²) in [5, 5.41) is 17.7. The summed E-state index contributed by atoms with van der Waals surface area (Å²) in [5.41, 5.74) is 1.34. The molecule has 0 aliphatic heterocycles. The van der Waals surface area contributed by atoms with Crippen molar-refractivity contribution in [3.63, 3.8) is 0 Å². The van der Waals surface area contributed by atoms with Crippen LogP contribution in [0.4, 0.5) is 0 Å². The summed E-state index contributed by atoms with van der Waals surface area (Å²) in [6.45, 7) is 4.73. The Morgan fingerprint density at radius 3 is 2.67 bits per heavy atom. The van der Waals surface area contributed by atoms with E-state index in [4.69, 9.17) is 10.2 Å². The van der Waals surface area contributed by atoms with Gasteiger partial charge in [-0.2, -0.15) is 0 Å². The maximum atomic E-state index is 10.8. The van der Waals surface area contributed by atoms with Gasteiger partial charge >= 0.3 is 5.97 Å². The van der Waals surface area contributed by atoms with E-state index in [-0.39, 0.29) is 12.2 Å². The standard InChI is InChI=1S/C13H18BrNO3/c1-2-15(6-3-7-16)9-11-5-4-10(13(17)18)8-12(11)14/h4-5,8,16H,2-3,6-7,9H2,1H3,(H,17,18). The van der Waals surface area contributed by atoms with Crippen LogP contribution in [0.3, 0.4) is 0 Å². The summed E-state index contributed by atoms with van der Waals surface area (Å²) in [6, 6.07) is 5.06. The van der Waals surface area contributed by atoms with Gasteiger partial charge in [-0.25, -0.2) is 4.79 Å². The number of hydrogen-bond donors (Lipinski definition) is 2. The predicted molar refractivity (Wildman–Crippen MR) is 73.8 cm³/mol. The van der Waals surface area contributed by atoms with Crippen molar-refractivity contribution in [2.75, 3.05) is 19.7 Å². The van der Waals surface area contributed by atoms with Crippen LogP contribution in [0.5, 0.6) is 0 Å². The minimum atomic E-state index is -0.921. The van der Waals surface area contributed by atoms with Crippen molar-refractivity contribution in [2.24, 2.45) is 0 Å². The number of rotatable bonds is 7. The monoisotopic (exact) mass is 315 g/mol. The molecule has 0 saturated heterocycles. The molecule has 0 saturated carbocycles. The Morgan fingerprint density at radius 2 is 2.17 bits per heavy atom. The maximum Gasteiger partial charge on any atom is 0.335 e. The van der Waals surface area contributed by atoms with Crippen molar-refractivity contribution < 1.29 is 15.0 Å². The number of hydrogen-bond acceptors (Lipinski definition) is 3. The quantitative estimate of drug-likeness (QED) is 0.811. The van der Waals surface area contributed by atoms with Crippen molar-refractivity contribution in [2.45, 2.75) is 19.9 Å². The molecular weight excluding hydrogens is 298 g/mol. The lowest BCUT2D eigenvalue weighted by Gasteiger charge is -2.20. The minimum Gasteiger partial charge on any atom is -0.478 e. The van der Waals surface area contributed by atoms with E-state index in [1.54, 1.807) is 12.1 Å². The van der Waals surface area contributed by atoms with E-state index in [1.165, 1.54) is 0 Å². The van der Waals surface area contributed by atoms with Crippen LogP contribution in [0.2, 0.25) is 0 Å². The molecule has 5 heteroatoms. The number of carboxylic acids is 1. The third kappa shape index (κ3) is 4.40. The van der Waals surface area contributed by atoms with Gasteiger partial charge in [-0.3, -0.25) is 4.90 Å². The average molecular weight is 316 g/mol. The second-order valence-electron chi connectivity index (χ2n) is 4.06. The van der Waals surface area contributed by atoms with Gasteiger partial charge in [0.2, 0.25) is 0 Å². The summed E-state index contributed by atoms with van der Waals surface area (Å²) in [7, 11) is 0. The van der Waals surface area contributed by atoms with E-state index >= 15 is 0 Å². The molecular formula is C13H18BrNO3. The molecule has 1 aromatic rings. The van der Waals surface area contributed by atoms with Gasteiger partial charge < -0.3 is 10.2 Å². The fraction of sp³-hybridized carbons (Fsp3) is 0.462. The van der Waals surface area contributed by atoms with Gasteiger partial charge in [0.15, 0.2) is 0 Å². The third-order valence-electron chi connectivity index (χ3n) is 2.77. The highest BCUT2D eigenvalue weighted by atomic mass is 79.9. The van der Waals surface area contributed by atoms with E-state index in [9.17, 15) is 4.79 Å². The van der Waals surface area contributed by atoms with Crippen molar-refractivity contribution in [3.8, 4) is 0 Å².